The highest BCUT2D eigenvalue weighted by Crippen LogP contribution is 2.37. The second kappa shape index (κ2) is 4.50. The van der Waals surface area contributed by atoms with Crippen LogP contribution in [0.3, 0.4) is 0 Å². The first-order chi connectivity index (χ1) is 8.72. The maximum Gasteiger partial charge on any atom is 0.132 e. The fourth-order valence-corrected chi connectivity index (χ4v) is 3.77. The molecule has 0 saturated carbocycles. The van der Waals surface area contributed by atoms with Crippen molar-refractivity contribution in [2.75, 3.05) is 0 Å². The van der Waals surface area contributed by atoms with Crippen molar-refractivity contribution in [3.05, 3.63) is 40.1 Å². The van der Waals surface area contributed by atoms with Crippen molar-refractivity contribution >= 4 is 37.4 Å². The van der Waals surface area contributed by atoms with E-state index in [1.165, 1.54) is 15.6 Å². The minimum atomic E-state index is 0.442. The fourth-order valence-electron chi connectivity index (χ4n) is 2.14. The Morgan fingerprint density at radius 3 is 2.89 bits per heavy atom. The lowest BCUT2D eigenvalue weighted by Crippen LogP contribution is -2.05. The number of rotatable bonds is 2. The number of aromatic nitrogens is 2. The van der Waals surface area contributed by atoms with Crippen molar-refractivity contribution in [2.24, 2.45) is 12.8 Å². The standard InChI is InChI=1S/C13H12BrN3S/c1-17-11(6-15)16-13(14)12(17)9-7-18-10-5-3-2-4-8(9)10/h2-5,7H,6,15H2,1H3. The molecule has 3 aromatic rings. The van der Waals surface area contributed by atoms with E-state index >= 15 is 0 Å². The number of hydrogen-bond acceptors (Lipinski definition) is 3. The Balaban J connectivity index is 2.29. The molecule has 0 aliphatic rings. The van der Waals surface area contributed by atoms with Crippen LogP contribution in [0.25, 0.3) is 21.3 Å². The summed E-state index contributed by atoms with van der Waals surface area (Å²) in [6.07, 6.45) is 0. The van der Waals surface area contributed by atoms with E-state index in [9.17, 15) is 0 Å². The highest BCUT2D eigenvalue weighted by Gasteiger charge is 2.16. The second-order valence-corrected chi connectivity index (χ2v) is 5.74. The number of halogens is 1. The number of hydrogen-bond donors (Lipinski definition) is 1. The second-order valence-electron chi connectivity index (χ2n) is 4.08. The average Bonchev–Trinajstić information content (AvgIpc) is 2.91. The predicted octanol–water partition coefficient (Wildman–Crippen LogP) is 3.52. The van der Waals surface area contributed by atoms with Crippen LogP contribution in [-0.4, -0.2) is 9.55 Å². The van der Waals surface area contributed by atoms with Gasteiger partial charge >= 0.3 is 0 Å². The molecule has 3 nitrogen and oxygen atoms in total. The van der Waals surface area contributed by atoms with Gasteiger partial charge in [-0.2, -0.15) is 0 Å². The van der Waals surface area contributed by atoms with Crippen molar-refractivity contribution in [1.29, 1.82) is 0 Å². The SMILES string of the molecule is Cn1c(CN)nc(Br)c1-c1csc2ccccc12. The molecule has 0 aliphatic heterocycles. The van der Waals surface area contributed by atoms with E-state index in [0.29, 0.717) is 6.54 Å². The summed E-state index contributed by atoms with van der Waals surface area (Å²) in [5.74, 6) is 0.882. The molecular formula is C13H12BrN3S. The zero-order chi connectivity index (χ0) is 12.7. The first-order valence-electron chi connectivity index (χ1n) is 5.60. The summed E-state index contributed by atoms with van der Waals surface area (Å²) < 4.78 is 4.20. The molecule has 1 aromatic carbocycles. The third-order valence-corrected chi connectivity index (χ3v) is 4.58. The monoisotopic (exact) mass is 321 g/mol. The molecule has 92 valence electrons. The number of nitrogens with zero attached hydrogens (tertiary/aromatic N) is 2. The summed E-state index contributed by atoms with van der Waals surface area (Å²) in [5.41, 5.74) is 7.99. The van der Waals surface area contributed by atoms with Gasteiger partial charge in [-0.3, -0.25) is 0 Å². The van der Waals surface area contributed by atoms with Gasteiger partial charge in [0.1, 0.15) is 10.4 Å². The predicted molar refractivity (Wildman–Crippen MR) is 79.6 cm³/mol. The Morgan fingerprint density at radius 1 is 1.39 bits per heavy atom. The molecule has 5 heteroatoms. The quantitative estimate of drug-likeness (QED) is 0.784. The van der Waals surface area contributed by atoms with E-state index in [-0.39, 0.29) is 0 Å². The third-order valence-electron chi connectivity index (χ3n) is 3.06. The van der Waals surface area contributed by atoms with Crippen molar-refractivity contribution in [3.8, 4) is 11.3 Å². The van der Waals surface area contributed by atoms with Gasteiger partial charge in [-0.25, -0.2) is 4.98 Å². The topological polar surface area (TPSA) is 43.8 Å². The number of benzene rings is 1. The Morgan fingerprint density at radius 2 is 2.17 bits per heavy atom. The van der Waals surface area contributed by atoms with Crippen LogP contribution in [0, 0.1) is 0 Å². The molecule has 0 bridgehead atoms. The average molecular weight is 322 g/mol. The molecule has 2 N–H and O–H groups in total. The van der Waals surface area contributed by atoms with E-state index in [1.54, 1.807) is 11.3 Å². The number of imidazole rings is 1. The lowest BCUT2D eigenvalue weighted by Gasteiger charge is -2.04. The maximum absolute atomic E-state index is 5.70. The Bertz CT molecular complexity index is 714. The van der Waals surface area contributed by atoms with Crippen LogP contribution < -0.4 is 5.73 Å². The first-order valence-corrected chi connectivity index (χ1v) is 7.27. The summed E-state index contributed by atoms with van der Waals surface area (Å²) in [5, 5.41) is 3.43. The summed E-state index contributed by atoms with van der Waals surface area (Å²) in [6.45, 7) is 0.442. The normalized spacial score (nSPS) is 11.3. The minimum absolute atomic E-state index is 0.442. The molecule has 0 fully saturated rings. The molecule has 18 heavy (non-hydrogen) atoms. The van der Waals surface area contributed by atoms with Gasteiger partial charge in [-0.1, -0.05) is 18.2 Å². The smallest absolute Gasteiger partial charge is 0.132 e. The van der Waals surface area contributed by atoms with Crippen LogP contribution in [0.15, 0.2) is 34.2 Å². The lowest BCUT2D eigenvalue weighted by atomic mass is 10.1. The van der Waals surface area contributed by atoms with E-state index in [2.05, 4.69) is 55.1 Å². The summed E-state index contributed by atoms with van der Waals surface area (Å²) in [6, 6.07) is 8.40. The summed E-state index contributed by atoms with van der Waals surface area (Å²) in [7, 11) is 2.00. The molecule has 0 unspecified atom stereocenters. The first kappa shape index (κ1) is 11.9. The third kappa shape index (κ3) is 1.70. The van der Waals surface area contributed by atoms with Crippen LogP contribution in [-0.2, 0) is 13.6 Å². The molecule has 0 radical (unpaired) electrons. The van der Waals surface area contributed by atoms with Crippen LogP contribution >= 0.6 is 27.3 Å². The van der Waals surface area contributed by atoms with Gasteiger partial charge in [0.05, 0.1) is 12.2 Å². The molecule has 0 aliphatic carbocycles. The van der Waals surface area contributed by atoms with E-state index in [1.807, 2.05) is 7.05 Å². The maximum atomic E-state index is 5.70. The largest absolute Gasteiger partial charge is 0.329 e. The van der Waals surface area contributed by atoms with Crippen molar-refractivity contribution < 1.29 is 0 Å². The fraction of sp³-hybridized carbons (Fsp3) is 0.154. The molecule has 3 rings (SSSR count). The van der Waals surface area contributed by atoms with Crippen LogP contribution in [0.2, 0.25) is 0 Å². The van der Waals surface area contributed by atoms with Gasteiger partial charge in [-0.05, 0) is 22.0 Å². The van der Waals surface area contributed by atoms with Crippen LogP contribution in [0.5, 0.6) is 0 Å². The minimum Gasteiger partial charge on any atom is -0.329 e. The van der Waals surface area contributed by atoms with Gasteiger partial charge in [0.25, 0.3) is 0 Å². The molecular weight excluding hydrogens is 310 g/mol. The number of nitrogens with two attached hydrogens (primary N) is 1. The molecule has 0 saturated heterocycles. The zero-order valence-corrected chi connectivity index (χ0v) is 12.3. The highest BCUT2D eigenvalue weighted by molar-refractivity contribution is 9.10. The van der Waals surface area contributed by atoms with Crippen molar-refractivity contribution in [1.82, 2.24) is 9.55 Å². The van der Waals surface area contributed by atoms with Gasteiger partial charge in [-0.15, -0.1) is 11.3 Å². The van der Waals surface area contributed by atoms with E-state index in [4.69, 9.17) is 5.73 Å². The van der Waals surface area contributed by atoms with Gasteiger partial charge in [0.15, 0.2) is 0 Å². The molecule has 0 atom stereocenters. The van der Waals surface area contributed by atoms with Gasteiger partial charge in [0.2, 0.25) is 0 Å². The molecule has 2 heterocycles. The summed E-state index contributed by atoms with van der Waals surface area (Å²) >= 11 is 5.28. The molecule has 0 spiro atoms. The zero-order valence-electron chi connectivity index (χ0n) is 9.85. The Labute approximate surface area is 117 Å². The van der Waals surface area contributed by atoms with Crippen LogP contribution in [0.4, 0.5) is 0 Å². The van der Waals surface area contributed by atoms with E-state index in [0.717, 1.165) is 16.1 Å². The molecule has 0 amide bonds. The number of thiophene rings is 1. The molecule has 2 aromatic heterocycles. The van der Waals surface area contributed by atoms with Crippen molar-refractivity contribution in [2.45, 2.75) is 6.54 Å². The van der Waals surface area contributed by atoms with Gasteiger partial charge < -0.3 is 10.3 Å². The summed E-state index contributed by atoms with van der Waals surface area (Å²) in [4.78, 5) is 4.45. The lowest BCUT2D eigenvalue weighted by molar-refractivity contribution is 0.799. The number of fused-ring (bicyclic) bond motifs is 1. The van der Waals surface area contributed by atoms with Crippen LogP contribution in [0.1, 0.15) is 5.82 Å². The van der Waals surface area contributed by atoms with Crippen molar-refractivity contribution in [3.63, 3.8) is 0 Å². The highest BCUT2D eigenvalue weighted by atomic mass is 79.9. The Kier molecular flexibility index (Phi) is 2.97. The van der Waals surface area contributed by atoms with Gasteiger partial charge in [0, 0.05) is 28.1 Å². The Hall–Kier alpha value is -1.17. The van der Waals surface area contributed by atoms with E-state index < -0.39 is 0 Å².